The molecule has 0 aromatic heterocycles. The molecule has 0 aliphatic rings. The van der Waals surface area contributed by atoms with Crippen LogP contribution in [0.1, 0.15) is 22.3 Å². The van der Waals surface area contributed by atoms with Crippen LogP contribution in [0.4, 0.5) is 13.2 Å². The number of nitrogens with two attached hydrogens (primary N) is 1. The van der Waals surface area contributed by atoms with E-state index in [9.17, 15) is 22.8 Å². The van der Waals surface area contributed by atoms with Crippen LogP contribution in [0.2, 0.25) is 0 Å². The van der Waals surface area contributed by atoms with Crippen LogP contribution in [0.5, 0.6) is 0 Å². The zero-order chi connectivity index (χ0) is 18.4. The number of halogens is 3. The topological polar surface area (TPSA) is 63.4 Å². The Morgan fingerprint density at radius 1 is 0.920 bits per heavy atom. The first kappa shape index (κ1) is 18.5. The molecular weight excluding hydrogens is 333 g/mol. The normalized spacial score (nSPS) is 10.5. The molecule has 0 heterocycles. The van der Waals surface area contributed by atoms with Crippen LogP contribution < -0.4 is 5.73 Å². The van der Waals surface area contributed by atoms with E-state index < -0.39 is 34.8 Å². The highest BCUT2D eigenvalue weighted by Gasteiger charge is 2.22. The summed E-state index contributed by atoms with van der Waals surface area (Å²) in [5, 5.41) is 0. The highest BCUT2D eigenvalue weighted by molar-refractivity contribution is 5.94. The van der Waals surface area contributed by atoms with Crippen molar-refractivity contribution in [2.75, 3.05) is 13.1 Å². The molecule has 0 fully saturated rings. The Kier molecular flexibility index (Phi) is 6.16. The maximum absolute atomic E-state index is 13.9. The van der Waals surface area contributed by atoms with Gasteiger partial charge in [0.1, 0.15) is 5.82 Å². The third kappa shape index (κ3) is 5.07. The quantitative estimate of drug-likeness (QED) is 0.781. The number of carbonyl (C=O) groups is 2. The maximum Gasteiger partial charge on any atom is 0.256 e. The number of amides is 2. The zero-order valence-corrected chi connectivity index (χ0v) is 13.3. The van der Waals surface area contributed by atoms with Crippen molar-refractivity contribution >= 4 is 11.8 Å². The van der Waals surface area contributed by atoms with Crippen LogP contribution in [0.15, 0.2) is 42.5 Å². The van der Waals surface area contributed by atoms with Crippen LogP contribution in [-0.2, 0) is 11.2 Å². The molecule has 0 spiro atoms. The number of rotatable bonds is 7. The standard InChI is InChI=1S/C18H17F3N2O2/c19-14-11-16(21)15(20)10-13(14)18(25)23(9-7-17(22)24)8-6-12-4-2-1-3-5-12/h1-5,10-11H,6-9H2,(H2,22,24). The Hall–Kier alpha value is -2.83. The molecule has 0 saturated heterocycles. The lowest BCUT2D eigenvalue weighted by molar-refractivity contribution is -0.118. The van der Waals surface area contributed by atoms with E-state index in [4.69, 9.17) is 5.73 Å². The minimum atomic E-state index is -1.37. The van der Waals surface area contributed by atoms with E-state index in [0.717, 1.165) is 5.56 Å². The second-order valence-corrected chi connectivity index (χ2v) is 5.49. The van der Waals surface area contributed by atoms with E-state index in [1.165, 1.54) is 4.90 Å². The van der Waals surface area contributed by atoms with Gasteiger partial charge in [-0.15, -0.1) is 0 Å². The van der Waals surface area contributed by atoms with Crippen LogP contribution in [0, 0.1) is 17.5 Å². The van der Waals surface area contributed by atoms with Gasteiger partial charge in [0.25, 0.3) is 5.91 Å². The van der Waals surface area contributed by atoms with E-state index in [2.05, 4.69) is 0 Å². The first-order valence-corrected chi connectivity index (χ1v) is 7.64. The molecule has 0 radical (unpaired) electrons. The number of hydrogen-bond acceptors (Lipinski definition) is 2. The summed E-state index contributed by atoms with van der Waals surface area (Å²) in [6, 6.07) is 10.1. The lowest BCUT2D eigenvalue weighted by Crippen LogP contribution is -2.36. The van der Waals surface area contributed by atoms with Crippen molar-refractivity contribution in [3.05, 3.63) is 71.0 Å². The van der Waals surface area contributed by atoms with E-state index in [-0.39, 0.29) is 19.5 Å². The smallest absolute Gasteiger partial charge is 0.256 e. The summed E-state index contributed by atoms with van der Waals surface area (Å²) >= 11 is 0. The number of primary amides is 1. The summed E-state index contributed by atoms with van der Waals surface area (Å²) in [5.41, 5.74) is 5.45. The van der Waals surface area contributed by atoms with Gasteiger partial charge in [0.05, 0.1) is 5.56 Å². The SMILES string of the molecule is NC(=O)CCN(CCc1ccccc1)C(=O)c1cc(F)c(F)cc1F. The van der Waals surface area contributed by atoms with Gasteiger partial charge in [-0.2, -0.15) is 0 Å². The van der Waals surface area contributed by atoms with Crippen molar-refractivity contribution in [2.45, 2.75) is 12.8 Å². The Labute approximate surface area is 143 Å². The van der Waals surface area contributed by atoms with E-state index in [1.54, 1.807) is 0 Å². The molecule has 0 aliphatic carbocycles. The molecule has 2 aromatic carbocycles. The molecule has 2 rings (SSSR count). The largest absolute Gasteiger partial charge is 0.370 e. The van der Waals surface area contributed by atoms with Crippen LogP contribution in [0.25, 0.3) is 0 Å². The number of carbonyl (C=O) groups excluding carboxylic acids is 2. The summed E-state index contributed by atoms with van der Waals surface area (Å²) in [7, 11) is 0. The molecule has 0 unspecified atom stereocenters. The lowest BCUT2D eigenvalue weighted by Gasteiger charge is -2.22. The van der Waals surface area contributed by atoms with Crippen molar-refractivity contribution < 1.29 is 22.8 Å². The average Bonchev–Trinajstić information content (AvgIpc) is 2.58. The third-order valence-corrected chi connectivity index (χ3v) is 3.67. The van der Waals surface area contributed by atoms with Gasteiger partial charge in [-0.05, 0) is 18.1 Å². The molecule has 0 saturated carbocycles. The van der Waals surface area contributed by atoms with Gasteiger partial charge in [0, 0.05) is 25.6 Å². The Morgan fingerprint density at radius 2 is 1.56 bits per heavy atom. The van der Waals surface area contributed by atoms with Gasteiger partial charge < -0.3 is 10.6 Å². The molecule has 2 N–H and O–H groups in total. The highest BCUT2D eigenvalue weighted by atomic mass is 19.2. The number of nitrogens with zero attached hydrogens (tertiary/aromatic N) is 1. The van der Waals surface area contributed by atoms with Gasteiger partial charge in [-0.3, -0.25) is 9.59 Å². The van der Waals surface area contributed by atoms with Gasteiger partial charge in [-0.25, -0.2) is 13.2 Å². The number of hydrogen-bond donors (Lipinski definition) is 1. The summed E-state index contributed by atoms with van der Waals surface area (Å²) in [5.74, 6) is -5.30. The molecule has 25 heavy (non-hydrogen) atoms. The molecule has 7 heteroatoms. The van der Waals surface area contributed by atoms with Crippen LogP contribution in [-0.4, -0.2) is 29.8 Å². The van der Waals surface area contributed by atoms with Crippen molar-refractivity contribution in [3.8, 4) is 0 Å². The van der Waals surface area contributed by atoms with E-state index in [1.807, 2.05) is 30.3 Å². The second kappa shape index (κ2) is 8.32. The Balaban J connectivity index is 2.20. The molecule has 4 nitrogen and oxygen atoms in total. The fourth-order valence-electron chi connectivity index (χ4n) is 2.33. The molecule has 0 atom stereocenters. The van der Waals surface area contributed by atoms with E-state index in [0.29, 0.717) is 18.6 Å². The molecule has 2 amide bonds. The van der Waals surface area contributed by atoms with Crippen molar-refractivity contribution in [1.29, 1.82) is 0 Å². The molecule has 0 bridgehead atoms. The summed E-state index contributed by atoms with van der Waals surface area (Å²) < 4.78 is 40.3. The first-order chi connectivity index (χ1) is 11.9. The van der Waals surface area contributed by atoms with Crippen molar-refractivity contribution in [1.82, 2.24) is 4.90 Å². The van der Waals surface area contributed by atoms with Crippen LogP contribution >= 0.6 is 0 Å². The van der Waals surface area contributed by atoms with Gasteiger partial charge in [-0.1, -0.05) is 30.3 Å². The van der Waals surface area contributed by atoms with Crippen LogP contribution in [0.3, 0.4) is 0 Å². The predicted molar refractivity (Wildman–Crippen MR) is 86.2 cm³/mol. The first-order valence-electron chi connectivity index (χ1n) is 7.64. The van der Waals surface area contributed by atoms with Gasteiger partial charge in [0.15, 0.2) is 11.6 Å². The molecule has 0 aliphatic heterocycles. The molecular formula is C18H17F3N2O2. The summed E-state index contributed by atoms with van der Waals surface area (Å²) in [4.78, 5) is 24.7. The minimum absolute atomic E-state index is 0.0422. The Bertz CT molecular complexity index is 766. The fourth-order valence-corrected chi connectivity index (χ4v) is 2.33. The Morgan fingerprint density at radius 3 is 2.20 bits per heavy atom. The highest BCUT2D eigenvalue weighted by Crippen LogP contribution is 2.16. The number of benzene rings is 2. The van der Waals surface area contributed by atoms with Crippen molar-refractivity contribution in [3.63, 3.8) is 0 Å². The lowest BCUT2D eigenvalue weighted by atomic mass is 10.1. The van der Waals surface area contributed by atoms with Gasteiger partial charge >= 0.3 is 0 Å². The predicted octanol–water partition coefficient (Wildman–Crippen LogP) is 2.66. The van der Waals surface area contributed by atoms with E-state index >= 15 is 0 Å². The summed E-state index contributed by atoms with van der Waals surface area (Å²) in [6.07, 6.45) is 0.336. The zero-order valence-electron chi connectivity index (χ0n) is 13.3. The molecule has 132 valence electrons. The fraction of sp³-hybridized carbons (Fsp3) is 0.222. The monoisotopic (exact) mass is 350 g/mol. The maximum atomic E-state index is 13.9. The minimum Gasteiger partial charge on any atom is -0.370 e. The van der Waals surface area contributed by atoms with Gasteiger partial charge in [0.2, 0.25) is 5.91 Å². The third-order valence-electron chi connectivity index (χ3n) is 3.67. The average molecular weight is 350 g/mol. The summed E-state index contributed by atoms with van der Waals surface area (Å²) in [6.45, 7) is 0.133. The van der Waals surface area contributed by atoms with Crippen molar-refractivity contribution in [2.24, 2.45) is 5.73 Å². The second-order valence-electron chi connectivity index (χ2n) is 5.49. The molecule has 2 aromatic rings.